The predicted octanol–water partition coefficient (Wildman–Crippen LogP) is 2.66. The molecule has 1 unspecified atom stereocenters. The van der Waals surface area contributed by atoms with E-state index in [4.69, 9.17) is 4.74 Å². The van der Waals surface area contributed by atoms with Gasteiger partial charge in [0.05, 0.1) is 17.4 Å². The summed E-state index contributed by atoms with van der Waals surface area (Å²) in [6.45, 7) is 3.89. The van der Waals surface area contributed by atoms with E-state index >= 15 is 0 Å². The van der Waals surface area contributed by atoms with Crippen LogP contribution >= 0.6 is 0 Å². The van der Waals surface area contributed by atoms with Crippen LogP contribution in [0.4, 0.5) is 0 Å². The highest BCUT2D eigenvalue weighted by atomic mass is 16.5. The van der Waals surface area contributed by atoms with Crippen LogP contribution in [0.2, 0.25) is 0 Å². The summed E-state index contributed by atoms with van der Waals surface area (Å²) in [5.74, 6) is 0.885. The molecule has 6 nitrogen and oxygen atoms in total. The molecule has 0 radical (unpaired) electrons. The molecule has 6 heteroatoms. The van der Waals surface area contributed by atoms with Gasteiger partial charge < -0.3 is 14.6 Å². The van der Waals surface area contributed by atoms with Gasteiger partial charge in [-0.05, 0) is 38.1 Å². The van der Waals surface area contributed by atoms with Crippen LogP contribution < -0.4 is 10.3 Å². The van der Waals surface area contributed by atoms with Crippen molar-refractivity contribution < 1.29 is 9.53 Å². The van der Waals surface area contributed by atoms with E-state index in [-0.39, 0.29) is 18.0 Å². The van der Waals surface area contributed by atoms with E-state index in [1.807, 2.05) is 37.3 Å². The van der Waals surface area contributed by atoms with E-state index in [2.05, 4.69) is 9.97 Å². The van der Waals surface area contributed by atoms with Crippen LogP contribution in [0, 0.1) is 6.92 Å². The van der Waals surface area contributed by atoms with Gasteiger partial charge in [0.2, 0.25) is 0 Å². The molecular formula is C20H21N3O3. The number of aryl methyl sites for hydroxylation is 1. The normalized spacial score (nSPS) is 12.0. The number of nitrogens with zero attached hydrogens (tertiary/aromatic N) is 2. The van der Waals surface area contributed by atoms with Crippen LogP contribution in [-0.2, 0) is 11.3 Å². The van der Waals surface area contributed by atoms with Gasteiger partial charge in [0.1, 0.15) is 11.6 Å². The molecule has 0 fully saturated rings. The quantitative estimate of drug-likeness (QED) is 0.767. The van der Waals surface area contributed by atoms with Crippen LogP contribution in [0.3, 0.4) is 0 Å². The Morgan fingerprint density at radius 2 is 1.88 bits per heavy atom. The number of rotatable bonds is 5. The number of para-hydroxylation sites is 1. The van der Waals surface area contributed by atoms with Gasteiger partial charge >= 0.3 is 0 Å². The third kappa shape index (κ3) is 3.91. The fourth-order valence-electron chi connectivity index (χ4n) is 2.69. The van der Waals surface area contributed by atoms with Gasteiger partial charge in [0.25, 0.3) is 11.5 Å². The molecule has 26 heavy (non-hydrogen) atoms. The monoisotopic (exact) mass is 351 g/mol. The molecular weight excluding hydrogens is 330 g/mol. The maximum absolute atomic E-state index is 12.5. The second-order valence-corrected chi connectivity index (χ2v) is 6.30. The number of likely N-dealkylation sites (N-methyl/N-ethyl adjacent to an activating group) is 1. The van der Waals surface area contributed by atoms with Gasteiger partial charge in [-0.15, -0.1) is 0 Å². The van der Waals surface area contributed by atoms with Gasteiger partial charge in [0, 0.05) is 7.05 Å². The van der Waals surface area contributed by atoms with Crippen LogP contribution in [0.15, 0.2) is 53.3 Å². The lowest BCUT2D eigenvalue weighted by Crippen LogP contribution is -2.38. The molecule has 0 saturated heterocycles. The minimum absolute atomic E-state index is 0.193. The van der Waals surface area contributed by atoms with Gasteiger partial charge in [-0.25, -0.2) is 4.98 Å². The van der Waals surface area contributed by atoms with Crippen molar-refractivity contribution in [1.82, 2.24) is 14.9 Å². The summed E-state index contributed by atoms with van der Waals surface area (Å²) in [6, 6.07) is 14.6. The van der Waals surface area contributed by atoms with Crippen molar-refractivity contribution in [2.45, 2.75) is 26.5 Å². The smallest absolute Gasteiger partial charge is 0.263 e. The lowest BCUT2D eigenvalue weighted by Gasteiger charge is -2.22. The standard InChI is InChI=1S/C20H21N3O3/c1-13-8-10-15(11-9-13)26-14(2)20(25)23(3)12-18-21-17-7-5-4-6-16(17)19(24)22-18/h4-11,14H,12H2,1-3H3,(H,21,22,24). The first-order valence-electron chi connectivity index (χ1n) is 8.40. The maximum atomic E-state index is 12.5. The first-order chi connectivity index (χ1) is 12.4. The molecule has 0 bridgehead atoms. The molecule has 2 aromatic carbocycles. The summed E-state index contributed by atoms with van der Waals surface area (Å²) in [6.07, 6.45) is -0.644. The number of hydrogen-bond acceptors (Lipinski definition) is 4. The zero-order valence-electron chi connectivity index (χ0n) is 15.0. The van der Waals surface area contributed by atoms with Crippen molar-refractivity contribution in [3.63, 3.8) is 0 Å². The van der Waals surface area contributed by atoms with Crippen molar-refractivity contribution >= 4 is 16.8 Å². The predicted molar refractivity (Wildman–Crippen MR) is 100 cm³/mol. The number of nitrogens with one attached hydrogen (secondary N) is 1. The molecule has 1 heterocycles. The molecule has 1 aromatic heterocycles. The van der Waals surface area contributed by atoms with E-state index < -0.39 is 6.10 Å². The first-order valence-corrected chi connectivity index (χ1v) is 8.40. The topological polar surface area (TPSA) is 75.3 Å². The van der Waals surface area contributed by atoms with E-state index in [9.17, 15) is 9.59 Å². The third-order valence-electron chi connectivity index (χ3n) is 4.11. The van der Waals surface area contributed by atoms with Crippen molar-refractivity contribution in [2.24, 2.45) is 0 Å². The van der Waals surface area contributed by atoms with Crippen molar-refractivity contribution in [3.05, 3.63) is 70.3 Å². The fourth-order valence-corrected chi connectivity index (χ4v) is 2.69. The van der Waals surface area contributed by atoms with Crippen molar-refractivity contribution in [3.8, 4) is 5.75 Å². The lowest BCUT2D eigenvalue weighted by atomic mass is 10.2. The third-order valence-corrected chi connectivity index (χ3v) is 4.11. The zero-order chi connectivity index (χ0) is 18.7. The molecule has 134 valence electrons. The number of hydrogen-bond donors (Lipinski definition) is 1. The Morgan fingerprint density at radius 1 is 1.19 bits per heavy atom. The van der Waals surface area contributed by atoms with Gasteiger partial charge in [0.15, 0.2) is 6.10 Å². The minimum atomic E-state index is -0.644. The molecule has 1 N–H and O–H groups in total. The first kappa shape index (κ1) is 17.7. The number of amides is 1. The number of H-pyrrole nitrogens is 1. The molecule has 0 aliphatic rings. The molecule has 0 spiro atoms. The van der Waals surface area contributed by atoms with Crippen LogP contribution in [0.25, 0.3) is 10.9 Å². The van der Waals surface area contributed by atoms with E-state index in [1.165, 1.54) is 4.90 Å². The van der Waals surface area contributed by atoms with Crippen LogP contribution in [0.5, 0.6) is 5.75 Å². The largest absolute Gasteiger partial charge is 0.481 e. The molecule has 1 amide bonds. The molecule has 0 aliphatic carbocycles. The van der Waals surface area contributed by atoms with Crippen LogP contribution in [-0.4, -0.2) is 33.9 Å². The molecule has 3 aromatic rings. The van der Waals surface area contributed by atoms with Crippen molar-refractivity contribution in [1.29, 1.82) is 0 Å². The average molecular weight is 351 g/mol. The van der Waals surface area contributed by atoms with Gasteiger partial charge in [-0.1, -0.05) is 29.8 Å². The highest BCUT2D eigenvalue weighted by molar-refractivity contribution is 5.81. The average Bonchev–Trinajstić information content (AvgIpc) is 2.63. The Hall–Kier alpha value is -3.15. The summed E-state index contributed by atoms with van der Waals surface area (Å²) in [4.78, 5) is 33.3. The summed E-state index contributed by atoms with van der Waals surface area (Å²) in [5, 5.41) is 0.529. The Bertz CT molecular complexity index is 980. The Morgan fingerprint density at radius 3 is 2.62 bits per heavy atom. The Labute approximate surface area is 151 Å². The number of ether oxygens (including phenoxy) is 1. The summed E-state index contributed by atoms with van der Waals surface area (Å²) >= 11 is 0. The van der Waals surface area contributed by atoms with E-state index in [0.29, 0.717) is 22.5 Å². The molecule has 0 saturated carbocycles. The minimum Gasteiger partial charge on any atom is -0.481 e. The van der Waals surface area contributed by atoms with Gasteiger partial charge in [-0.3, -0.25) is 9.59 Å². The second kappa shape index (κ2) is 7.39. The fraction of sp³-hybridized carbons (Fsp3) is 0.250. The van der Waals surface area contributed by atoms with Gasteiger partial charge in [-0.2, -0.15) is 0 Å². The molecule has 1 atom stereocenters. The highest BCUT2D eigenvalue weighted by Gasteiger charge is 2.20. The number of aromatic nitrogens is 2. The molecule has 3 rings (SSSR count). The highest BCUT2D eigenvalue weighted by Crippen LogP contribution is 2.14. The van der Waals surface area contributed by atoms with E-state index in [1.54, 1.807) is 32.2 Å². The number of aromatic amines is 1. The summed E-state index contributed by atoms with van der Waals surface area (Å²) < 4.78 is 5.70. The number of carbonyl (C=O) groups is 1. The number of benzene rings is 2. The van der Waals surface area contributed by atoms with Crippen molar-refractivity contribution in [2.75, 3.05) is 7.05 Å². The summed E-state index contributed by atoms with van der Waals surface area (Å²) in [5.41, 5.74) is 1.52. The molecule has 0 aliphatic heterocycles. The van der Waals surface area contributed by atoms with E-state index in [0.717, 1.165) is 5.56 Å². The summed E-state index contributed by atoms with van der Waals surface area (Å²) in [7, 11) is 1.66. The lowest BCUT2D eigenvalue weighted by molar-refractivity contribution is -0.137. The zero-order valence-corrected chi connectivity index (χ0v) is 15.0. The SMILES string of the molecule is Cc1ccc(OC(C)C(=O)N(C)Cc2nc3ccccc3c(=O)[nH]2)cc1. The number of carbonyl (C=O) groups excluding carboxylic acids is 1. The Kier molecular flexibility index (Phi) is 5.02. The second-order valence-electron chi connectivity index (χ2n) is 6.30. The maximum Gasteiger partial charge on any atom is 0.263 e. The van der Waals surface area contributed by atoms with Crippen LogP contribution in [0.1, 0.15) is 18.3 Å². The number of fused-ring (bicyclic) bond motifs is 1. The Balaban J connectivity index is 1.70.